The van der Waals surface area contributed by atoms with Gasteiger partial charge in [-0.1, -0.05) is 0 Å². The summed E-state index contributed by atoms with van der Waals surface area (Å²) in [5.74, 6) is -1.43. The summed E-state index contributed by atoms with van der Waals surface area (Å²) in [5, 5.41) is 0. The minimum Gasteiger partial charge on any atom is -0.310 e. The molecule has 6 amide bonds. The van der Waals surface area contributed by atoms with Gasteiger partial charge in [0.25, 0.3) is 0 Å². The van der Waals surface area contributed by atoms with Crippen LogP contribution in [0.5, 0.6) is 0 Å². The summed E-state index contributed by atoms with van der Waals surface area (Å²) in [4.78, 5) is 78.7. The van der Waals surface area contributed by atoms with Gasteiger partial charge in [-0.3, -0.25) is 43.5 Å². The van der Waals surface area contributed by atoms with Gasteiger partial charge in [-0.25, -0.2) is 0 Å². The molecule has 10 nitrogen and oxygen atoms in total. The first kappa shape index (κ1) is 25.2. The third-order valence-corrected chi connectivity index (χ3v) is 7.25. The topological polar surface area (TPSA) is 115 Å². The van der Waals surface area contributed by atoms with E-state index in [1.165, 1.54) is 14.7 Å². The highest BCUT2D eigenvalue weighted by molar-refractivity contribution is 6.21. The van der Waals surface area contributed by atoms with Crippen LogP contribution in [0.2, 0.25) is 0 Å². The molecule has 6 rings (SSSR count). The number of imide groups is 3. The van der Waals surface area contributed by atoms with Crippen LogP contribution in [0, 0.1) is 0 Å². The number of hydrogen-bond donors (Lipinski definition) is 0. The molecule has 40 heavy (non-hydrogen) atoms. The maximum atomic E-state index is 12.2. The highest BCUT2D eigenvalue weighted by Gasteiger charge is 2.32. The summed E-state index contributed by atoms with van der Waals surface area (Å²) in [6.07, 6.45) is 1.14. The minimum absolute atomic E-state index is 0.190. The fourth-order valence-electron chi connectivity index (χ4n) is 5.29. The Morgan fingerprint density at radius 3 is 0.750 bits per heavy atom. The van der Waals surface area contributed by atoms with E-state index < -0.39 is 0 Å². The lowest BCUT2D eigenvalue weighted by molar-refractivity contribution is -0.122. The Balaban J connectivity index is 1.36. The standard InChI is InChI=1S/C30H24N4O6/c35-25-13-14-26(36)32(25)22-7-1-19(2-8-22)31(20-3-9-23(10-4-20)33-27(37)15-16-28(33)38)21-5-11-24(12-6-21)34-29(39)17-18-30(34)40/h1-12H,13-18H2. The van der Waals surface area contributed by atoms with Gasteiger partial charge in [0.1, 0.15) is 0 Å². The molecule has 0 atom stereocenters. The number of hydrogen-bond acceptors (Lipinski definition) is 7. The molecule has 3 fully saturated rings. The molecule has 3 saturated heterocycles. The van der Waals surface area contributed by atoms with Crippen LogP contribution in [0.4, 0.5) is 34.1 Å². The van der Waals surface area contributed by atoms with Gasteiger partial charge in [0, 0.05) is 55.6 Å². The molecule has 3 aromatic rings. The predicted octanol–water partition coefficient (Wildman–Crippen LogP) is 4.12. The van der Waals surface area contributed by atoms with Crippen LogP contribution in [0.3, 0.4) is 0 Å². The van der Waals surface area contributed by atoms with Gasteiger partial charge in [0.2, 0.25) is 35.4 Å². The van der Waals surface area contributed by atoms with Crippen molar-refractivity contribution in [2.75, 3.05) is 19.6 Å². The average molecular weight is 537 g/mol. The second-order valence-corrected chi connectivity index (χ2v) is 9.75. The van der Waals surface area contributed by atoms with E-state index in [1.807, 2.05) is 4.90 Å². The normalized spacial score (nSPS) is 17.6. The van der Waals surface area contributed by atoms with E-state index in [1.54, 1.807) is 72.8 Å². The molecule has 10 heteroatoms. The molecule has 0 aromatic heterocycles. The fraction of sp³-hybridized carbons (Fsp3) is 0.200. The van der Waals surface area contributed by atoms with Crippen molar-refractivity contribution in [3.8, 4) is 0 Å². The molecule has 0 radical (unpaired) electrons. The zero-order valence-corrected chi connectivity index (χ0v) is 21.4. The van der Waals surface area contributed by atoms with E-state index in [-0.39, 0.29) is 74.0 Å². The zero-order valence-electron chi connectivity index (χ0n) is 21.4. The molecule has 3 aliphatic heterocycles. The Morgan fingerprint density at radius 2 is 0.550 bits per heavy atom. The van der Waals surface area contributed by atoms with E-state index in [0.717, 1.165) is 0 Å². The first-order valence-electron chi connectivity index (χ1n) is 13.0. The molecule has 3 heterocycles. The predicted molar refractivity (Wildman–Crippen MR) is 146 cm³/mol. The van der Waals surface area contributed by atoms with Crippen LogP contribution in [-0.2, 0) is 28.8 Å². The van der Waals surface area contributed by atoms with Crippen molar-refractivity contribution in [1.29, 1.82) is 0 Å². The highest BCUT2D eigenvalue weighted by Crippen LogP contribution is 2.38. The Hall–Kier alpha value is -5.12. The summed E-state index contributed by atoms with van der Waals surface area (Å²) in [7, 11) is 0. The maximum absolute atomic E-state index is 12.2. The van der Waals surface area contributed by atoms with Crippen LogP contribution in [0.1, 0.15) is 38.5 Å². The van der Waals surface area contributed by atoms with Crippen LogP contribution in [0.15, 0.2) is 72.8 Å². The van der Waals surface area contributed by atoms with Crippen molar-refractivity contribution < 1.29 is 28.8 Å². The summed E-state index contributed by atoms with van der Waals surface area (Å²) in [6, 6.07) is 21.0. The lowest BCUT2D eigenvalue weighted by atomic mass is 10.1. The number of carbonyl (C=O) groups is 6. The van der Waals surface area contributed by atoms with Crippen molar-refractivity contribution >= 4 is 69.6 Å². The molecule has 0 unspecified atom stereocenters. The maximum Gasteiger partial charge on any atom is 0.234 e. The first-order valence-corrected chi connectivity index (χ1v) is 13.0. The second-order valence-electron chi connectivity index (χ2n) is 9.75. The highest BCUT2D eigenvalue weighted by atomic mass is 16.2. The molecule has 0 spiro atoms. The summed E-state index contributed by atoms with van der Waals surface area (Å²) in [5.41, 5.74) is 3.59. The summed E-state index contributed by atoms with van der Waals surface area (Å²) >= 11 is 0. The largest absolute Gasteiger partial charge is 0.310 e. The molecular formula is C30H24N4O6. The first-order chi connectivity index (χ1) is 19.3. The van der Waals surface area contributed by atoms with Gasteiger partial charge < -0.3 is 4.90 Å². The van der Waals surface area contributed by atoms with E-state index in [0.29, 0.717) is 34.1 Å². The summed E-state index contributed by atoms with van der Waals surface area (Å²) in [6.45, 7) is 0. The van der Waals surface area contributed by atoms with Crippen LogP contribution in [-0.4, -0.2) is 35.4 Å². The number of nitrogens with zero attached hydrogens (tertiary/aromatic N) is 4. The molecule has 3 aromatic carbocycles. The molecular weight excluding hydrogens is 512 g/mol. The molecule has 0 aliphatic carbocycles. The van der Waals surface area contributed by atoms with Gasteiger partial charge in [-0.05, 0) is 72.8 Å². The monoisotopic (exact) mass is 536 g/mol. The molecule has 0 saturated carbocycles. The van der Waals surface area contributed by atoms with Crippen LogP contribution >= 0.6 is 0 Å². The quantitative estimate of drug-likeness (QED) is 0.435. The lowest BCUT2D eigenvalue weighted by Gasteiger charge is -2.27. The molecule has 0 N–H and O–H groups in total. The third kappa shape index (κ3) is 4.33. The van der Waals surface area contributed by atoms with Crippen molar-refractivity contribution in [3.63, 3.8) is 0 Å². The van der Waals surface area contributed by atoms with Crippen molar-refractivity contribution in [2.45, 2.75) is 38.5 Å². The molecule has 200 valence electrons. The van der Waals surface area contributed by atoms with Gasteiger partial charge >= 0.3 is 0 Å². The van der Waals surface area contributed by atoms with Gasteiger partial charge in [0.05, 0.1) is 17.1 Å². The van der Waals surface area contributed by atoms with Gasteiger partial charge in [-0.2, -0.15) is 0 Å². The molecule has 3 aliphatic rings. The van der Waals surface area contributed by atoms with E-state index in [9.17, 15) is 28.8 Å². The number of rotatable bonds is 6. The Kier molecular flexibility index (Phi) is 6.22. The smallest absolute Gasteiger partial charge is 0.234 e. The Morgan fingerprint density at radius 1 is 0.350 bits per heavy atom. The Bertz CT molecular complexity index is 1330. The van der Waals surface area contributed by atoms with E-state index in [2.05, 4.69) is 0 Å². The lowest BCUT2D eigenvalue weighted by Crippen LogP contribution is -2.28. The number of carbonyl (C=O) groups excluding carboxylic acids is 6. The van der Waals surface area contributed by atoms with E-state index >= 15 is 0 Å². The SMILES string of the molecule is O=C1CCC(=O)N1c1ccc(N(c2ccc(N3C(=O)CCC3=O)cc2)c2ccc(N3C(=O)CCC3=O)cc2)cc1. The van der Waals surface area contributed by atoms with Crippen LogP contribution < -0.4 is 19.6 Å². The molecule has 0 bridgehead atoms. The summed E-state index contributed by atoms with van der Waals surface area (Å²) < 4.78 is 0. The van der Waals surface area contributed by atoms with Crippen LogP contribution in [0.25, 0.3) is 0 Å². The third-order valence-electron chi connectivity index (χ3n) is 7.25. The van der Waals surface area contributed by atoms with Gasteiger partial charge in [0.15, 0.2) is 0 Å². The Labute approximate surface area is 229 Å². The number of benzene rings is 3. The fourth-order valence-corrected chi connectivity index (χ4v) is 5.29. The van der Waals surface area contributed by atoms with E-state index in [4.69, 9.17) is 0 Å². The number of amides is 6. The minimum atomic E-state index is -0.238. The van der Waals surface area contributed by atoms with Crippen molar-refractivity contribution in [2.24, 2.45) is 0 Å². The number of anilines is 6. The van der Waals surface area contributed by atoms with Gasteiger partial charge in [-0.15, -0.1) is 0 Å². The average Bonchev–Trinajstić information content (AvgIpc) is 3.60. The second kappa shape index (κ2) is 9.88. The zero-order chi connectivity index (χ0) is 28.0. The van der Waals surface area contributed by atoms with Crippen molar-refractivity contribution in [1.82, 2.24) is 0 Å². The van der Waals surface area contributed by atoms with Crippen molar-refractivity contribution in [3.05, 3.63) is 72.8 Å².